The van der Waals surface area contributed by atoms with Crippen molar-refractivity contribution in [1.82, 2.24) is 0 Å². The Morgan fingerprint density at radius 2 is 2.00 bits per heavy atom. The molecule has 10 heavy (non-hydrogen) atoms. The molecule has 0 heterocycles. The van der Waals surface area contributed by atoms with E-state index >= 15 is 0 Å². The molecule has 0 aliphatic rings. The number of carboxylic acids is 1. The normalized spacial score (nSPS) is 11.1. The molecule has 0 aromatic heterocycles. The van der Waals surface area contributed by atoms with Gasteiger partial charge in [-0.2, -0.15) is 0 Å². The molecule has 0 aromatic rings. The van der Waals surface area contributed by atoms with Gasteiger partial charge in [0.1, 0.15) is 3.23 Å². The molecule has 0 spiro atoms. The van der Waals surface area contributed by atoms with Gasteiger partial charge in [0, 0.05) is 5.33 Å². The van der Waals surface area contributed by atoms with Gasteiger partial charge in [-0.05, 0) is 0 Å². The average molecular weight is 337 g/mol. The number of hydrogen-bond donors (Lipinski definition) is 1. The quantitative estimate of drug-likeness (QED) is 0.635. The summed E-state index contributed by atoms with van der Waals surface area (Å²) in [5.74, 6) is -1.02. The third-order valence-electron chi connectivity index (χ3n) is 0.867. The van der Waals surface area contributed by atoms with E-state index in [2.05, 4.69) is 54.4 Å². The summed E-state index contributed by atoms with van der Waals surface area (Å²) in [4.78, 5) is 10.3. The maximum absolute atomic E-state index is 10.3. The predicted octanol–water partition coefficient (Wildman–Crippen LogP) is 2.51. The molecule has 0 fully saturated rings. The number of hydrogen-bond acceptors (Lipinski definition) is 1. The van der Waals surface area contributed by atoms with E-state index in [9.17, 15) is 4.79 Å². The smallest absolute Gasteiger partial charge is 0.333 e. The fourth-order valence-corrected chi connectivity index (χ4v) is 0.915. The second-order valence-electron chi connectivity index (χ2n) is 1.62. The first-order valence-electron chi connectivity index (χ1n) is 2.28. The second kappa shape index (κ2) is 3.88. The van der Waals surface area contributed by atoms with Crippen LogP contribution in [-0.2, 0) is 4.79 Å². The molecule has 0 amide bonds. The van der Waals surface area contributed by atoms with E-state index in [1.54, 1.807) is 0 Å². The molecule has 2 nitrogen and oxygen atoms in total. The highest BCUT2D eigenvalue weighted by molar-refractivity contribution is 9.26. The van der Waals surface area contributed by atoms with Crippen LogP contribution >= 0.6 is 47.8 Å². The maximum Gasteiger partial charge on any atom is 0.333 e. The third kappa shape index (κ3) is 2.72. The van der Waals surface area contributed by atoms with Gasteiger partial charge >= 0.3 is 5.97 Å². The van der Waals surface area contributed by atoms with Gasteiger partial charge in [0.25, 0.3) is 0 Å². The Labute approximate surface area is 84.1 Å². The van der Waals surface area contributed by atoms with Crippen LogP contribution in [0.4, 0.5) is 0 Å². The van der Waals surface area contributed by atoms with Gasteiger partial charge in [-0.25, -0.2) is 4.79 Å². The molecule has 0 aliphatic heterocycles. The number of rotatable bonds is 3. The largest absolute Gasteiger partial charge is 0.478 e. The van der Waals surface area contributed by atoms with Gasteiger partial charge in [-0.1, -0.05) is 54.4 Å². The van der Waals surface area contributed by atoms with Gasteiger partial charge in [0.2, 0.25) is 0 Å². The zero-order valence-electron chi connectivity index (χ0n) is 4.90. The van der Waals surface area contributed by atoms with E-state index in [0.717, 1.165) is 0 Å². The highest BCUT2D eigenvalue weighted by atomic mass is 79.9. The molecule has 1 N–H and O–H groups in total. The molecule has 0 rings (SSSR count). The van der Waals surface area contributed by atoms with Crippen molar-refractivity contribution < 1.29 is 9.90 Å². The number of carboxylic acid groups (broad SMARTS) is 1. The topological polar surface area (TPSA) is 37.3 Å². The lowest BCUT2D eigenvalue weighted by Gasteiger charge is -2.16. The first-order valence-corrected chi connectivity index (χ1v) is 4.99. The highest BCUT2D eigenvalue weighted by Gasteiger charge is 2.29. The van der Waals surface area contributed by atoms with Crippen LogP contribution in [0.25, 0.3) is 0 Å². The molecule has 0 saturated carbocycles. The summed E-state index contributed by atoms with van der Waals surface area (Å²) in [5.41, 5.74) is 0.0735. The lowest BCUT2D eigenvalue weighted by Crippen LogP contribution is -2.21. The molecule has 0 atom stereocenters. The Bertz CT molecular complexity index is 164. The van der Waals surface area contributed by atoms with Crippen LogP contribution in [0.5, 0.6) is 0 Å². The lowest BCUT2D eigenvalue weighted by molar-refractivity contribution is -0.132. The van der Waals surface area contributed by atoms with Crippen LogP contribution in [0.3, 0.4) is 0 Å². The Balaban J connectivity index is 4.33. The minimum absolute atomic E-state index is 0.0735. The van der Waals surface area contributed by atoms with Crippen LogP contribution in [0.1, 0.15) is 0 Å². The SMILES string of the molecule is C=C(C(=O)O)C(Br)(Br)CBr. The Morgan fingerprint density at radius 1 is 1.60 bits per heavy atom. The Kier molecular flexibility index (Phi) is 4.13. The molecule has 58 valence electrons. The molecular formula is C5H5Br3O2. The van der Waals surface area contributed by atoms with Crippen molar-refractivity contribution in [3.63, 3.8) is 0 Å². The average Bonchev–Trinajstić information content (AvgIpc) is 1.86. The summed E-state index contributed by atoms with van der Waals surface area (Å²) in [6, 6.07) is 0. The van der Waals surface area contributed by atoms with E-state index in [-0.39, 0.29) is 5.57 Å². The minimum atomic E-state index is -1.02. The zero-order chi connectivity index (χ0) is 8.36. The van der Waals surface area contributed by atoms with Gasteiger partial charge < -0.3 is 5.11 Å². The molecule has 0 unspecified atom stereocenters. The van der Waals surface area contributed by atoms with Gasteiger partial charge in [0.15, 0.2) is 0 Å². The van der Waals surface area contributed by atoms with Gasteiger partial charge in [0.05, 0.1) is 5.57 Å². The number of halogens is 3. The fraction of sp³-hybridized carbons (Fsp3) is 0.400. The van der Waals surface area contributed by atoms with Crippen molar-refractivity contribution in [3.05, 3.63) is 12.2 Å². The summed E-state index contributed by atoms with van der Waals surface area (Å²) < 4.78 is -0.730. The molecule has 0 aliphatic carbocycles. The van der Waals surface area contributed by atoms with Crippen molar-refractivity contribution in [2.45, 2.75) is 3.23 Å². The lowest BCUT2D eigenvalue weighted by atomic mass is 10.2. The van der Waals surface area contributed by atoms with E-state index in [0.29, 0.717) is 5.33 Å². The van der Waals surface area contributed by atoms with Gasteiger partial charge in [-0.3, -0.25) is 0 Å². The standard InChI is InChI=1S/C5H5Br3O2/c1-3(4(9)10)5(7,8)2-6/h1-2H2,(H,9,10). The van der Waals surface area contributed by atoms with Crippen molar-refractivity contribution in [1.29, 1.82) is 0 Å². The number of aliphatic carboxylic acids is 1. The summed E-state index contributed by atoms with van der Waals surface area (Å²) in [5, 5.41) is 8.92. The molecular weight excluding hydrogens is 332 g/mol. The van der Waals surface area contributed by atoms with Crippen molar-refractivity contribution >= 4 is 53.8 Å². The van der Waals surface area contributed by atoms with Crippen LogP contribution in [0.2, 0.25) is 0 Å². The third-order valence-corrected chi connectivity index (χ3v) is 4.73. The number of alkyl halides is 3. The van der Waals surface area contributed by atoms with Crippen LogP contribution in [0.15, 0.2) is 12.2 Å². The first-order chi connectivity index (χ1) is 4.41. The molecule has 5 heteroatoms. The highest BCUT2D eigenvalue weighted by Crippen LogP contribution is 2.35. The van der Waals surface area contributed by atoms with E-state index in [1.165, 1.54) is 0 Å². The molecule has 0 aromatic carbocycles. The van der Waals surface area contributed by atoms with E-state index in [1.807, 2.05) is 0 Å². The monoisotopic (exact) mass is 334 g/mol. The second-order valence-corrected chi connectivity index (χ2v) is 5.95. The van der Waals surface area contributed by atoms with E-state index < -0.39 is 9.20 Å². The van der Waals surface area contributed by atoms with Crippen molar-refractivity contribution in [3.8, 4) is 0 Å². The van der Waals surface area contributed by atoms with Crippen molar-refractivity contribution in [2.75, 3.05) is 5.33 Å². The van der Waals surface area contributed by atoms with Gasteiger partial charge in [-0.15, -0.1) is 0 Å². The Hall–Kier alpha value is 0.650. The molecule has 0 bridgehead atoms. The summed E-state index contributed by atoms with van der Waals surface area (Å²) in [7, 11) is 0. The van der Waals surface area contributed by atoms with Crippen LogP contribution in [-0.4, -0.2) is 19.6 Å². The minimum Gasteiger partial charge on any atom is -0.478 e. The Morgan fingerprint density at radius 3 is 2.10 bits per heavy atom. The molecule has 0 radical (unpaired) electrons. The van der Waals surface area contributed by atoms with Crippen LogP contribution in [0, 0.1) is 0 Å². The predicted molar refractivity (Wildman–Crippen MR) is 51.2 cm³/mol. The summed E-state index contributed by atoms with van der Waals surface area (Å²) in [6.07, 6.45) is 0. The maximum atomic E-state index is 10.3. The fourth-order valence-electron chi connectivity index (χ4n) is 0.237. The summed E-state index contributed by atoms with van der Waals surface area (Å²) in [6.45, 7) is 3.37. The number of carbonyl (C=O) groups is 1. The first kappa shape index (κ1) is 10.7. The van der Waals surface area contributed by atoms with E-state index in [4.69, 9.17) is 5.11 Å². The van der Waals surface area contributed by atoms with Crippen LogP contribution < -0.4 is 0 Å². The zero-order valence-corrected chi connectivity index (χ0v) is 9.66. The molecule has 0 saturated heterocycles. The van der Waals surface area contributed by atoms with Crippen molar-refractivity contribution in [2.24, 2.45) is 0 Å². The summed E-state index contributed by atoms with van der Waals surface area (Å²) >= 11 is 9.39.